The number of nitrogens with zero attached hydrogens (tertiary/aromatic N) is 2. The van der Waals surface area contributed by atoms with Gasteiger partial charge in [0.2, 0.25) is 5.89 Å². The number of amides is 1. The first-order valence-corrected chi connectivity index (χ1v) is 6.57. The molecule has 0 saturated carbocycles. The third-order valence-corrected chi connectivity index (χ3v) is 4.25. The molecule has 2 aromatic rings. The van der Waals surface area contributed by atoms with E-state index in [1.165, 1.54) is 17.7 Å². The molecule has 0 bridgehead atoms. The summed E-state index contributed by atoms with van der Waals surface area (Å²) in [5.41, 5.74) is 1.07. The van der Waals surface area contributed by atoms with E-state index in [0.717, 1.165) is 9.35 Å². The van der Waals surface area contributed by atoms with Gasteiger partial charge in [0.25, 0.3) is 5.91 Å². The molecule has 1 amide bonds. The van der Waals surface area contributed by atoms with Gasteiger partial charge < -0.3 is 9.84 Å². The molecule has 1 N–H and O–H groups in total. The first kappa shape index (κ1) is 12.3. The van der Waals surface area contributed by atoms with Crippen molar-refractivity contribution in [2.24, 2.45) is 0 Å². The molecule has 0 atom stereocenters. The van der Waals surface area contributed by atoms with E-state index in [-0.39, 0.29) is 5.91 Å². The molecule has 0 aliphatic rings. The van der Waals surface area contributed by atoms with E-state index in [2.05, 4.69) is 31.4 Å². The molecule has 0 aliphatic carbocycles. The molecule has 90 valence electrons. The van der Waals surface area contributed by atoms with Crippen molar-refractivity contribution in [3.8, 4) is 0 Å². The van der Waals surface area contributed by atoms with E-state index in [1.54, 1.807) is 0 Å². The lowest BCUT2D eigenvalue weighted by Crippen LogP contribution is -2.24. The highest BCUT2D eigenvalue weighted by atomic mass is 79.9. The highest BCUT2D eigenvalue weighted by Gasteiger charge is 2.10. The predicted molar refractivity (Wildman–Crippen MR) is 67.1 cm³/mol. The zero-order valence-electron chi connectivity index (χ0n) is 9.07. The Hall–Kier alpha value is -1.21. The van der Waals surface area contributed by atoms with Crippen LogP contribution in [0.15, 0.2) is 20.7 Å². The lowest BCUT2D eigenvalue weighted by Gasteiger charge is -2.00. The van der Waals surface area contributed by atoms with E-state index in [9.17, 15) is 4.79 Å². The molecular formula is C10H10BrN3O2S. The minimum atomic E-state index is -0.0803. The molecule has 5 nitrogen and oxygen atoms in total. The summed E-state index contributed by atoms with van der Waals surface area (Å²) in [5.74, 6) is 0.442. The minimum absolute atomic E-state index is 0.0803. The van der Waals surface area contributed by atoms with Gasteiger partial charge in [-0.3, -0.25) is 4.79 Å². The second-order valence-corrected chi connectivity index (χ2v) is 5.78. The van der Waals surface area contributed by atoms with Crippen LogP contribution in [0.2, 0.25) is 0 Å². The van der Waals surface area contributed by atoms with Crippen LogP contribution in [-0.2, 0) is 6.42 Å². The fourth-order valence-corrected chi connectivity index (χ4v) is 2.70. The number of rotatable bonds is 4. The van der Waals surface area contributed by atoms with E-state index < -0.39 is 0 Å². The van der Waals surface area contributed by atoms with Gasteiger partial charge in [-0.15, -0.1) is 11.3 Å². The average Bonchev–Trinajstić information content (AvgIpc) is 2.90. The standard InChI is InChI=1S/C10H10BrN3O2S/c1-6-4-7(17-9(6)11)10(15)12-3-2-8-13-5-14-16-8/h4-5H,2-3H2,1H3,(H,12,15). The molecule has 7 heteroatoms. The van der Waals surface area contributed by atoms with Crippen molar-refractivity contribution in [2.45, 2.75) is 13.3 Å². The lowest BCUT2D eigenvalue weighted by molar-refractivity contribution is 0.0957. The Labute approximate surface area is 110 Å². The van der Waals surface area contributed by atoms with Crippen LogP contribution in [0.1, 0.15) is 21.1 Å². The fraction of sp³-hybridized carbons (Fsp3) is 0.300. The molecule has 0 fully saturated rings. The number of nitrogens with one attached hydrogen (secondary N) is 1. The van der Waals surface area contributed by atoms with Gasteiger partial charge in [-0.1, -0.05) is 5.16 Å². The Morgan fingerprint density at radius 1 is 1.65 bits per heavy atom. The van der Waals surface area contributed by atoms with Crippen LogP contribution in [0, 0.1) is 6.92 Å². The molecule has 0 radical (unpaired) electrons. The summed E-state index contributed by atoms with van der Waals surface area (Å²) in [6.07, 6.45) is 1.88. The Kier molecular flexibility index (Phi) is 3.90. The Morgan fingerprint density at radius 2 is 2.47 bits per heavy atom. The highest BCUT2D eigenvalue weighted by molar-refractivity contribution is 9.11. The topological polar surface area (TPSA) is 68.0 Å². The number of carbonyl (C=O) groups is 1. The van der Waals surface area contributed by atoms with E-state index in [1.807, 2.05) is 13.0 Å². The maximum atomic E-state index is 11.8. The summed E-state index contributed by atoms with van der Waals surface area (Å²) < 4.78 is 5.81. The lowest BCUT2D eigenvalue weighted by atomic mass is 10.3. The summed E-state index contributed by atoms with van der Waals surface area (Å²) in [5, 5.41) is 6.29. The maximum absolute atomic E-state index is 11.8. The van der Waals surface area contributed by atoms with Gasteiger partial charge in [0.05, 0.1) is 8.66 Å². The number of thiophene rings is 1. The zero-order chi connectivity index (χ0) is 12.3. The summed E-state index contributed by atoms with van der Waals surface area (Å²) in [6, 6.07) is 1.86. The Bertz CT molecular complexity index is 490. The van der Waals surface area contributed by atoms with E-state index >= 15 is 0 Å². The zero-order valence-corrected chi connectivity index (χ0v) is 11.5. The number of hydrogen-bond acceptors (Lipinski definition) is 5. The van der Waals surface area contributed by atoms with Crippen LogP contribution < -0.4 is 5.32 Å². The van der Waals surface area contributed by atoms with Crippen LogP contribution in [0.5, 0.6) is 0 Å². The van der Waals surface area contributed by atoms with Gasteiger partial charge >= 0.3 is 0 Å². The normalized spacial score (nSPS) is 10.5. The number of aryl methyl sites for hydroxylation is 1. The van der Waals surface area contributed by atoms with Gasteiger partial charge in [-0.05, 0) is 34.5 Å². The van der Waals surface area contributed by atoms with Crippen molar-refractivity contribution in [2.75, 3.05) is 6.54 Å². The second-order valence-electron chi connectivity index (χ2n) is 3.41. The highest BCUT2D eigenvalue weighted by Crippen LogP contribution is 2.27. The third-order valence-electron chi connectivity index (χ3n) is 2.11. The fourth-order valence-electron chi connectivity index (χ4n) is 1.25. The second kappa shape index (κ2) is 5.42. The molecule has 0 saturated heterocycles. The average molecular weight is 316 g/mol. The monoisotopic (exact) mass is 315 g/mol. The van der Waals surface area contributed by atoms with Crippen molar-refractivity contribution >= 4 is 33.2 Å². The van der Waals surface area contributed by atoms with Gasteiger partial charge in [0.1, 0.15) is 0 Å². The van der Waals surface area contributed by atoms with Gasteiger partial charge in [0.15, 0.2) is 6.33 Å². The van der Waals surface area contributed by atoms with Crippen LogP contribution in [0.4, 0.5) is 0 Å². The van der Waals surface area contributed by atoms with E-state index in [0.29, 0.717) is 23.7 Å². The van der Waals surface area contributed by atoms with Crippen molar-refractivity contribution in [1.82, 2.24) is 15.5 Å². The van der Waals surface area contributed by atoms with Crippen LogP contribution in [-0.4, -0.2) is 22.6 Å². The molecule has 0 aliphatic heterocycles. The van der Waals surface area contributed by atoms with Crippen molar-refractivity contribution in [1.29, 1.82) is 0 Å². The number of aromatic nitrogens is 2. The van der Waals surface area contributed by atoms with Crippen LogP contribution in [0.3, 0.4) is 0 Å². The molecule has 2 rings (SSSR count). The number of carbonyl (C=O) groups excluding carboxylic acids is 1. The largest absolute Gasteiger partial charge is 0.351 e. The van der Waals surface area contributed by atoms with Crippen LogP contribution in [0.25, 0.3) is 0 Å². The summed E-state index contributed by atoms with van der Waals surface area (Å²) in [6.45, 7) is 2.44. The molecule has 2 heterocycles. The van der Waals surface area contributed by atoms with Gasteiger partial charge in [-0.2, -0.15) is 4.98 Å². The Morgan fingerprint density at radius 3 is 3.06 bits per heavy atom. The predicted octanol–water partition coefficient (Wildman–Crippen LogP) is 2.17. The smallest absolute Gasteiger partial charge is 0.261 e. The first-order valence-electron chi connectivity index (χ1n) is 4.96. The first-order chi connectivity index (χ1) is 8.16. The molecule has 2 aromatic heterocycles. The van der Waals surface area contributed by atoms with Gasteiger partial charge in [0, 0.05) is 13.0 Å². The van der Waals surface area contributed by atoms with Crippen molar-refractivity contribution < 1.29 is 9.32 Å². The molecule has 0 spiro atoms. The van der Waals surface area contributed by atoms with E-state index in [4.69, 9.17) is 4.52 Å². The molecular weight excluding hydrogens is 306 g/mol. The maximum Gasteiger partial charge on any atom is 0.261 e. The summed E-state index contributed by atoms with van der Waals surface area (Å²) in [4.78, 5) is 16.3. The Balaban J connectivity index is 1.85. The van der Waals surface area contributed by atoms with Crippen molar-refractivity contribution in [3.05, 3.63) is 32.5 Å². The summed E-state index contributed by atoms with van der Waals surface area (Å²) in [7, 11) is 0. The molecule has 0 aromatic carbocycles. The SMILES string of the molecule is Cc1cc(C(=O)NCCc2ncno2)sc1Br. The molecule has 17 heavy (non-hydrogen) atoms. The number of halogens is 1. The third kappa shape index (κ3) is 3.13. The van der Waals surface area contributed by atoms with Gasteiger partial charge in [-0.25, -0.2) is 0 Å². The number of hydrogen-bond donors (Lipinski definition) is 1. The molecule has 0 unspecified atom stereocenters. The van der Waals surface area contributed by atoms with Crippen molar-refractivity contribution in [3.63, 3.8) is 0 Å². The van der Waals surface area contributed by atoms with Crippen LogP contribution >= 0.6 is 27.3 Å². The summed E-state index contributed by atoms with van der Waals surface area (Å²) >= 11 is 4.81. The quantitative estimate of drug-likeness (QED) is 0.939. The minimum Gasteiger partial charge on any atom is -0.351 e.